The Kier molecular flexibility index (Phi) is 1.65. The second kappa shape index (κ2) is 2.55. The maximum atomic E-state index is 13.1. The predicted octanol–water partition coefficient (Wildman–Crippen LogP) is 2.77. The van der Waals surface area contributed by atoms with E-state index in [0.29, 0.717) is 4.47 Å². The van der Waals surface area contributed by atoms with Crippen LogP contribution in [0.3, 0.4) is 0 Å². The Morgan fingerprint density at radius 1 is 1.58 bits per heavy atom. The van der Waals surface area contributed by atoms with Crippen LogP contribution in [0.5, 0.6) is 0 Å². The fourth-order valence-electron chi connectivity index (χ4n) is 1.21. The van der Waals surface area contributed by atoms with Gasteiger partial charge in [0, 0.05) is 5.39 Å². The highest BCUT2D eigenvalue weighted by atomic mass is 79.9. The summed E-state index contributed by atoms with van der Waals surface area (Å²) in [5.74, 6) is -0.249. The number of aromatic amines is 1. The van der Waals surface area contributed by atoms with Crippen molar-refractivity contribution in [3.8, 4) is 0 Å². The van der Waals surface area contributed by atoms with Crippen molar-refractivity contribution < 1.29 is 4.39 Å². The van der Waals surface area contributed by atoms with Crippen molar-refractivity contribution in [2.75, 3.05) is 0 Å². The summed E-state index contributed by atoms with van der Waals surface area (Å²) < 4.78 is 13.6. The molecule has 0 amide bonds. The second-order valence-electron chi connectivity index (χ2n) is 2.65. The van der Waals surface area contributed by atoms with Gasteiger partial charge in [0.15, 0.2) is 0 Å². The van der Waals surface area contributed by atoms with Crippen molar-refractivity contribution in [2.24, 2.45) is 0 Å². The minimum Gasteiger partial charge on any atom is -0.278 e. The lowest BCUT2D eigenvalue weighted by molar-refractivity contribution is 0.622. The second-order valence-corrected chi connectivity index (χ2v) is 3.44. The third kappa shape index (κ3) is 0.948. The molecule has 0 aliphatic carbocycles. The zero-order valence-electron chi connectivity index (χ0n) is 6.36. The fraction of sp³-hybridized carbons (Fsp3) is 0.125. The smallest absolute Gasteiger partial charge is 0.138 e. The predicted molar refractivity (Wildman–Crippen MR) is 48.5 cm³/mol. The number of aryl methyl sites for hydroxylation is 1. The van der Waals surface area contributed by atoms with Crippen molar-refractivity contribution in [3.05, 3.63) is 28.1 Å². The molecule has 1 heterocycles. The van der Waals surface area contributed by atoms with Crippen molar-refractivity contribution >= 4 is 26.8 Å². The van der Waals surface area contributed by atoms with E-state index in [4.69, 9.17) is 0 Å². The van der Waals surface area contributed by atoms with Crippen LogP contribution in [-0.2, 0) is 0 Å². The SMILES string of the molecule is Cc1cc(F)c(Br)c2cn[nH]c12. The molecule has 0 fully saturated rings. The van der Waals surface area contributed by atoms with Gasteiger partial charge in [-0.15, -0.1) is 0 Å². The summed E-state index contributed by atoms with van der Waals surface area (Å²) in [6, 6.07) is 1.48. The van der Waals surface area contributed by atoms with Crippen LogP contribution in [0.25, 0.3) is 10.9 Å². The van der Waals surface area contributed by atoms with E-state index >= 15 is 0 Å². The van der Waals surface area contributed by atoms with Gasteiger partial charge >= 0.3 is 0 Å². The molecule has 0 spiro atoms. The van der Waals surface area contributed by atoms with Gasteiger partial charge in [0.1, 0.15) is 5.82 Å². The molecule has 0 saturated heterocycles. The molecule has 2 nitrogen and oxygen atoms in total. The summed E-state index contributed by atoms with van der Waals surface area (Å²) in [6.45, 7) is 1.84. The minimum atomic E-state index is -0.249. The van der Waals surface area contributed by atoms with E-state index in [1.165, 1.54) is 6.07 Å². The first-order valence-electron chi connectivity index (χ1n) is 3.48. The van der Waals surface area contributed by atoms with Crippen molar-refractivity contribution in [3.63, 3.8) is 0 Å². The first-order valence-corrected chi connectivity index (χ1v) is 4.27. The Balaban J connectivity index is 2.97. The molecule has 62 valence electrons. The number of nitrogens with zero attached hydrogens (tertiary/aromatic N) is 1. The van der Waals surface area contributed by atoms with Crippen LogP contribution in [0.15, 0.2) is 16.7 Å². The summed E-state index contributed by atoms with van der Waals surface area (Å²) in [5.41, 5.74) is 1.74. The number of benzene rings is 1. The van der Waals surface area contributed by atoms with E-state index in [0.717, 1.165) is 16.5 Å². The first-order chi connectivity index (χ1) is 5.70. The Hall–Kier alpha value is -0.900. The molecule has 1 aromatic heterocycles. The highest BCUT2D eigenvalue weighted by Crippen LogP contribution is 2.27. The van der Waals surface area contributed by atoms with Crippen LogP contribution in [0.1, 0.15) is 5.56 Å². The van der Waals surface area contributed by atoms with Crippen LogP contribution < -0.4 is 0 Å². The summed E-state index contributed by atoms with van der Waals surface area (Å²) in [4.78, 5) is 0. The maximum absolute atomic E-state index is 13.1. The number of nitrogens with one attached hydrogen (secondary N) is 1. The van der Waals surface area contributed by atoms with Gasteiger partial charge in [0.25, 0.3) is 0 Å². The molecule has 1 N–H and O–H groups in total. The monoisotopic (exact) mass is 228 g/mol. The quantitative estimate of drug-likeness (QED) is 0.739. The molecule has 1 aromatic carbocycles. The third-order valence-corrected chi connectivity index (χ3v) is 2.63. The number of halogens is 2. The highest BCUT2D eigenvalue weighted by Gasteiger charge is 2.08. The molecule has 0 radical (unpaired) electrons. The lowest BCUT2D eigenvalue weighted by Crippen LogP contribution is -1.83. The van der Waals surface area contributed by atoms with E-state index in [1.54, 1.807) is 6.20 Å². The summed E-state index contributed by atoms with van der Waals surface area (Å²) in [7, 11) is 0. The van der Waals surface area contributed by atoms with Gasteiger partial charge in [0.05, 0.1) is 16.2 Å². The van der Waals surface area contributed by atoms with Gasteiger partial charge in [-0.05, 0) is 34.5 Å². The molecule has 0 aliphatic heterocycles. The number of rotatable bonds is 0. The van der Waals surface area contributed by atoms with Crippen molar-refractivity contribution in [1.82, 2.24) is 10.2 Å². The van der Waals surface area contributed by atoms with Crippen LogP contribution in [0.4, 0.5) is 4.39 Å². The van der Waals surface area contributed by atoms with E-state index in [2.05, 4.69) is 26.1 Å². The molecule has 2 rings (SSSR count). The zero-order chi connectivity index (χ0) is 8.72. The molecule has 12 heavy (non-hydrogen) atoms. The Morgan fingerprint density at radius 2 is 2.33 bits per heavy atom. The van der Waals surface area contributed by atoms with Crippen LogP contribution in [0.2, 0.25) is 0 Å². The number of hydrogen-bond acceptors (Lipinski definition) is 1. The minimum absolute atomic E-state index is 0.249. The highest BCUT2D eigenvalue weighted by molar-refractivity contribution is 9.10. The van der Waals surface area contributed by atoms with Gasteiger partial charge in [-0.25, -0.2) is 4.39 Å². The molecule has 4 heteroatoms. The number of hydrogen-bond donors (Lipinski definition) is 1. The summed E-state index contributed by atoms with van der Waals surface area (Å²) in [5, 5.41) is 7.44. The topological polar surface area (TPSA) is 28.7 Å². The van der Waals surface area contributed by atoms with E-state index in [1.807, 2.05) is 6.92 Å². The number of aromatic nitrogens is 2. The summed E-state index contributed by atoms with van der Waals surface area (Å²) >= 11 is 3.16. The summed E-state index contributed by atoms with van der Waals surface area (Å²) in [6.07, 6.45) is 1.61. The average Bonchev–Trinajstić information content (AvgIpc) is 2.48. The Labute approximate surface area is 76.9 Å². The standard InChI is InChI=1S/C8H6BrFN2/c1-4-2-6(10)7(9)5-3-11-12-8(4)5/h2-3H,1H3,(H,11,12). The largest absolute Gasteiger partial charge is 0.278 e. The van der Waals surface area contributed by atoms with E-state index in [9.17, 15) is 4.39 Å². The van der Waals surface area contributed by atoms with Crippen molar-refractivity contribution in [1.29, 1.82) is 0 Å². The molecule has 0 atom stereocenters. The molecule has 0 bridgehead atoms. The van der Waals surface area contributed by atoms with E-state index in [-0.39, 0.29) is 5.82 Å². The van der Waals surface area contributed by atoms with Gasteiger partial charge in [-0.2, -0.15) is 5.10 Å². The maximum Gasteiger partial charge on any atom is 0.138 e. The van der Waals surface area contributed by atoms with Gasteiger partial charge < -0.3 is 0 Å². The molecule has 0 aliphatic rings. The van der Waals surface area contributed by atoms with Gasteiger partial charge in [-0.3, -0.25) is 5.10 Å². The lowest BCUT2D eigenvalue weighted by atomic mass is 10.2. The van der Waals surface area contributed by atoms with Gasteiger partial charge in [-0.1, -0.05) is 0 Å². The fourth-order valence-corrected chi connectivity index (χ4v) is 1.62. The Bertz CT molecular complexity index is 436. The normalized spacial score (nSPS) is 10.9. The van der Waals surface area contributed by atoms with Crippen LogP contribution >= 0.6 is 15.9 Å². The van der Waals surface area contributed by atoms with Crippen LogP contribution in [-0.4, -0.2) is 10.2 Å². The molecule has 2 aromatic rings. The number of H-pyrrole nitrogens is 1. The van der Waals surface area contributed by atoms with E-state index < -0.39 is 0 Å². The number of fused-ring (bicyclic) bond motifs is 1. The first kappa shape index (κ1) is 7.73. The lowest BCUT2D eigenvalue weighted by Gasteiger charge is -1.98. The van der Waals surface area contributed by atoms with Gasteiger partial charge in [0.2, 0.25) is 0 Å². The zero-order valence-corrected chi connectivity index (χ0v) is 7.94. The molecular weight excluding hydrogens is 223 g/mol. The third-order valence-electron chi connectivity index (χ3n) is 1.82. The molecule has 0 unspecified atom stereocenters. The molecular formula is C8H6BrFN2. The average molecular weight is 229 g/mol. The molecule has 0 saturated carbocycles. The Morgan fingerprint density at radius 3 is 3.08 bits per heavy atom. The van der Waals surface area contributed by atoms with Crippen LogP contribution in [0, 0.1) is 12.7 Å². The van der Waals surface area contributed by atoms with Crippen molar-refractivity contribution in [2.45, 2.75) is 6.92 Å².